The summed E-state index contributed by atoms with van der Waals surface area (Å²) in [5.41, 5.74) is 2.99. The van der Waals surface area contributed by atoms with Gasteiger partial charge in [-0.2, -0.15) is 18.1 Å². The Morgan fingerprint density at radius 3 is 2.50 bits per heavy atom. The molecule has 2 aliphatic rings. The van der Waals surface area contributed by atoms with Crippen molar-refractivity contribution >= 4 is 23.2 Å². The second-order valence-corrected chi connectivity index (χ2v) is 3.99. The van der Waals surface area contributed by atoms with Gasteiger partial charge in [-0.15, -0.1) is 40.9 Å². The van der Waals surface area contributed by atoms with E-state index in [1.54, 1.807) is 0 Å². The van der Waals surface area contributed by atoms with Crippen molar-refractivity contribution in [2.24, 2.45) is 5.92 Å². The summed E-state index contributed by atoms with van der Waals surface area (Å²) < 4.78 is 0. The van der Waals surface area contributed by atoms with Crippen LogP contribution in [-0.4, -0.2) is 12.8 Å². The number of halogens is 2. The van der Waals surface area contributed by atoms with Gasteiger partial charge in [0.1, 0.15) is 0 Å². The molecular formula is C15H19Cl2Ti-. The van der Waals surface area contributed by atoms with E-state index in [1.165, 1.54) is 36.7 Å². The van der Waals surface area contributed by atoms with Gasteiger partial charge in [0.05, 0.1) is 0 Å². The first-order chi connectivity index (χ1) is 8.45. The van der Waals surface area contributed by atoms with Crippen LogP contribution in [-0.2, 0) is 21.7 Å². The second-order valence-electron chi connectivity index (χ2n) is 3.99. The maximum atomic E-state index is 4.64. The van der Waals surface area contributed by atoms with Crippen LogP contribution in [0.15, 0.2) is 36.4 Å². The Kier molecular flexibility index (Phi) is 10.0. The van der Waals surface area contributed by atoms with Crippen molar-refractivity contribution in [2.75, 3.05) is 12.8 Å². The van der Waals surface area contributed by atoms with Gasteiger partial charge in [-0.25, -0.2) is 0 Å². The van der Waals surface area contributed by atoms with Crippen LogP contribution in [0.1, 0.15) is 29.9 Å². The maximum Gasteiger partial charge on any atom is 0.0108 e. The van der Waals surface area contributed by atoms with Crippen LogP contribution in [0.25, 0.3) is 0 Å². The molecule has 1 aromatic carbocycles. The second kappa shape index (κ2) is 9.98. The van der Waals surface area contributed by atoms with Crippen LogP contribution >= 0.6 is 23.2 Å². The average molecular weight is 318 g/mol. The smallest absolute Gasteiger partial charge is 0.0108 e. The van der Waals surface area contributed by atoms with Crippen molar-refractivity contribution in [2.45, 2.75) is 18.8 Å². The van der Waals surface area contributed by atoms with Crippen molar-refractivity contribution in [3.8, 4) is 0 Å². The first-order valence-electron chi connectivity index (χ1n) is 5.81. The number of allylic oxidation sites excluding steroid dienone is 2. The van der Waals surface area contributed by atoms with Gasteiger partial charge >= 0.3 is 0 Å². The third-order valence-electron chi connectivity index (χ3n) is 3.22. The molecule has 0 saturated carbocycles. The fourth-order valence-electron chi connectivity index (χ4n) is 2.57. The zero-order valence-electron chi connectivity index (χ0n) is 10.9. The molecule has 2 atom stereocenters. The molecule has 98 valence electrons. The van der Waals surface area contributed by atoms with Crippen LogP contribution in [0.4, 0.5) is 0 Å². The number of alkyl halides is 2. The zero-order chi connectivity index (χ0) is 12.7. The van der Waals surface area contributed by atoms with E-state index in [2.05, 4.69) is 66.0 Å². The van der Waals surface area contributed by atoms with Gasteiger partial charge in [-0.1, -0.05) is 30.6 Å². The summed E-state index contributed by atoms with van der Waals surface area (Å²) >= 11 is 9.28. The molecule has 0 saturated heterocycles. The molecule has 18 heavy (non-hydrogen) atoms. The first-order valence-corrected chi connectivity index (χ1v) is 7.32. The summed E-state index contributed by atoms with van der Waals surface area (Å²) in [6, 6.07) is 8.79. The van der Waals surface area contributed by atoms with Gasteiger partial charge in [0.25, 0.3) is 0 Å². The maximum absolute atomic E-state index is 4.64. The number of rotatable bonds is 0. The summed E-state index contributed by atoms with van der Waals surface area (Å²) in [5, 5.41) is 0. The molecule has 1 aromatic rings. The minimum Gasteiger partial charge on any atom is -0.188 e. The third kappa shape index (κ3) is 4.06. The minimum absolute atomic E-state index is 0. The van der Waals surface area contributed by atoms with E-state index in [4.69, 9.17) is 0 Å². The van der Waals surface area contributed by atoms with Crippen molar-refractivity contribution in [1.29, 1.82) is 0 Å². The average Bonchev–Trinajstić information content (AvgIpc) is 2.82. The summed E-state index contributed by atoms with van der Waals surface area (Å²) in [6.45, 7) is 0. The van der Waals surface area contributed by atoms with Gasteiger partial charge in [-0.05, 0) is 12.3 Å². The van der Waals surface area contributed by atoms with Crippen LogP contribution in [0.5, 0.6) is 0 Å². The van der Waals surface area contributed by atoms with Crippen molar-refractivity contribution < 1.29 is 21.7 Å². The van der Waals surface area contributed by atoms with Gasteiger partial charge in [-0.3, -0.25) is 0 Å². The molecule has 0 N–H and O–H groups in total. The van der Waals surface area contributed by atoms with Gasteiger partial charge in [0.2, 0.25) is 0 Å². The Morgan fingerprint density at radius 2 is 1.78 bits per heavy atom. The van der Waals surface area contributed by atoms with Crippen LogP contribution < -0.4 is 0 Å². The minimum atomic E-state index is 0. The molecule has 0 fully saturated rings. The summed E-state index contributed by atoms with van der Waals surface area (Å²) in [7, 11) is 0. The topological polar surface area (TPSA) is 0 Å². The molecule has 0 radical (unpaired) electrons. The summed E-state index contributed by atoms with van der Waals surface area (Å²) in [4.78, 5) is 0. The monoisotopic (exact) mass is 317 g/mol. The summed E-state index contributed by atoms with van der Waals surface area (Å²) in [5.74, 6) is 1.47. The Bertz CT molecular complexity index is 363. The standard InChI is InChI=1S/C13H13.2CH3Cl.Ti/c1-3-7-12-10(5-1)9-11-6-2-4-8-13(11)12;2*1-2;/h1,3-5,7-9,11,13H,2,6H2;2*1H3;/q-1;;;. The zero-order valence-corrected chi connectivity index (χ0v) is 13.9. The van der Waals surface area contributed by atoms with E-state index in [9.17, 15) is 0 Å². The molecule has 2 unspecified atom stereocenters. The van der Waals surface area contributed by atoms with E-state index in [1.807, 2.05) is 0 Å². The fourth-order valence-corrected chi connectivity index (χ4v) is 2.57. The van der Waals surface area contributed by atoms with Crippen LogP contribution in [0.2, 0.25) is 0 Å². The molecule has 0 amide bonds. The molecule has 0 bridgehead atoms. The van der Waals surface area contributed by atoms with Crippen LogP contribution in [0, 0.1) is 12.3 Å². The molecule has 3 rings (SSSR count). The van der Waals surface area contributed by atoms with Gasteiger partial charge < -0.3 is 0 Å². The Morgan fingerprint density at radius 1 is 1.11 bits per heavy atom. The third-order valence-corrected chi connectivity index (χ3v) is 3.22. The SMILES string of the molecule is C1=CC2c3ccccc3[CH-]C2CC1.CCl.CCl.[Ti]. The molecular weight excluding hydrogens is 299 g/mol. The number of hydrogen-bond acceptors (Lipinski definition) is 0. The van der Waals surface area contributed by atoms with E-state index < -0.39 is 0 Å². The van der Waals surface area contributed by atoms with Crippen molar-refractivity contribution in [3.63, 3.8) is 0 Å². The molecule has 3 heteroatoms. The van der Waals surface area contributed by atoms with Gasteiger partial charge in [0, 0.05) is 34.5 Å². The Hall–Kier alpha value is 0.124. The molecule has 0 nitrogen and oxygen atoms in total. The van der Waals surface area contributed by atoms with E-state index in [0.717, 1.165) is 5.92 Å². The van der Waals surface area contributed by atoms with E-state index in [0.29, 0.717) is 5.92 Å². The quantitative estimate of drug-likeness (QED) is 0.273. The largest absolute Gasteiger partial charge is 0.188 e. The molecule has 2 aliphatic carbocycles. The van der Waals surface area contributed by atoms with Gasteiger partial charge in [0.15, 0.2) is 0 Å². The van der Waals surface area contributed by atoms with Crippen LogP contribution in [0.3, 0.4) is 0 Å². The molecule has 0 aromatic heterocycles. The van der Waals surface area contributed by atoms with Crippen molar-refractivity contribution in [1.82, 2.24) is 0 Å². The predicted octanol–water partition coefficient (Wildman–Crippen LogP) is 5.01. The molecule has 0 spiro atoms. The van der Waals surface area contributed by atoms with Crippen molar-refractivity contribution in [3.05, 3.63) is 54.0 Å². The Balaban J connectivity index is 0.000000531. The van der Waals surface area contributed by atoms with E-state index in [-0.39, 0.29) is 21.7 Å². The molecule has 0 heterocycles. The first kappa shape index (κ1) is 18.1. The number of hydrogen-bond donors (Lipinski definition) is 0. The molecule has 0 aliphatic heterocycles. The number of fused-ring (bicyclic) bond motifs is 3. The summed E-state index contributed by atoms with van der Waals surface area (Å²) in [6.07, 6.45) is 12.7. The predicted molar refractivity (Wildman–Crippen MR) is 78.0 cm³/mol. The number of benzene rings is 1. The normalized spacial score (nSPS) is 21.8. The Labute approximate surface area is 136 Å². The van der Waals surface area contributed by atoms with E-state index >= 15 is 0 Å². The fraction of sp³-hybridized carbons (Fsp3) is 0.400.